The molecule has 0 bridgehead atoms. The second-order valence-corrected chi connectivity index (χ2v) is 9.71. The minimum Gasteiger partial charge on any atom is -0.493 e. The van der Waals surface area contributed by atoms with Crippen molar-refractivity contribution in [3.8, 4) is 11.5 Å². The lowest BCUT2D eigenvalue weighted by molar-refractivity contribution is 0.134. The van der Waals surface area contributed by atoms with Crippen molar-refractivity contribution in [3.63, 3.8) is 0 Å². The number of aryl methyl sites for hydroxylation is 2. The zero-order valence-electron chi connectivity index (χ0n) is 22.0. The van der Waals surface area contributed by atoms with E-state index in [-0.39, 0.29) is 18.2 Å². The second kappa shape index (κ2) is 10.6. The van der Waals surface area contributed by atoms with Crippen molar-refractivity contribution in [3.05, 3.63) is 47.3 Å². The monoisotopic (exact) mass is 492 g/mol. The minimum absolute atomic E-state index is 0.0438. The normalized spacial score (nSPS) is 17.5. The van der Waals surface area contributed by atoms with Crippen LogP contribution in [0.1, 0.15) is 43.3 Å². The lowest BCUT2D eigenvalue weighted by atomic mass is 10.0. The summed E-state index contributed by atoms with van der Waals surface area (Å²) in [5, 5.41) is 4.23. The van der Waals surface area contributed by atoms with E-state index < -0.39 is 0 Å². The predicted octanol–water partition coefficient (Wildman–Crippen LogP) is 4.54. The van der Waals surface area contributed by atoms with Crippen LogP contribution in [0.25, 0.3) is 10.9 Å². The molecule has 0 spiro atoms. The molecule has 36 heavy (non-hydrogen) atoms. The first kappa shape index (κ1) is 25.5. The quantitative estimate of drug-likeness (QED) is 0.500. The number of rotatable bonds is 5. The molecule has 3 aromatic rings. The van der Waals surface area contributed by atoms with Gasteiger partial charge < -0.3 is 30.3 Å². The molecular weight excluding hydrogens is 456 g/mol. The third kappa shape index (κ3) is 5.62. The molecule has 1 saturated heterocycles. The first-order valence-electron chi connectivity index (χ1n) is 12.3. The third-order valence-corrected chi connectivity index (χ3v) is 6.55. The number of fused-ring (bicyclic) bond motifs is 1. The number of hydrogen-bond donors (Lipinski definition) is 2. The molecule has 0 unspecified atom stereocenters. The van der Waals surface area contributed by atoms with Gasteiger partial charge in [0.15, 0.2) is 11.5 Å². The van der Waals surface area contributed by atoms with Gasteiger partial charge in [-0.25, -0.2) is 14.8 Å². The van der Waals surface area contributed by atoms with E-state index in [0.29, 0.717) is 35.2 Å². The fraction of sp³-hybridized carbons (Fsp3) is 0.444. The molecule has 9 heteroatoms. The molecule has 0 aliphatic carbocycles. The molecule has 1 aliphatic rings. The number of nitrogens with zero attached hydrogens (tertiary/aromatic N) is 4. The van der Waals surface area contributed by atoms with Gasteiger partial charge in [-0.05, 0) is 77.0 Å². The molecule has 2 aromatic carbocycles. The van der Waals surface area contributed by atoms with Gasteiger partial charge in [0.2, 0.25) is 0 Å². The van der Waals surface area contributed by atoms with Gasteiger partial charge in [0, 0.05) is 36.3 Å². The fourth-order valence-corrected chi connectivity index (χ4v) is 4.78. The molecule has 0 radical (unpaired) electrons. The molecule has 1 aliphatic heterocycles. The smallest absolute Gasteiger partial charge is 0.415 e. The van der Waals surface area contributed by atoms with Crippen LogP contribution in [0.2, 0.25) is 0 Å². The second-order valence-electron chi connectivity index (χ2n) is 9.71. The number of benzene rings is 2. The number of likely N-dealkylation sites (N-methyl/N-ethyl adjacent to an activating group) is 1. The average molecular weight is 493 g/mol. The molecule has 1 aromatic heterocycles. The molecule has 3 N–H and O–H groups in total. The van der Waals surface area contributed by atoms with Crippen molar-refractivity contribution in [1.82, 2.24) is 19.8 Å². The maximum absolute atomic E-state index is 13.2. The zero-order chi connectivity index (χ0) is 26.0. The van der Waals surface area contributed by atoms with Gasteiger partial charge in [0.05, 0.1) is 18.7 Å². The fourth-order valence-electron chi connectivity index (χ4n) is 4.78. The van der Waals surface area contributed by atoms with Crippen LogP contribution in [0.3, 0.4) is 0 Å². The highest BCUT2D eigenvalue weighted by Crippen LogP contribution is 2.36. The Bertz CT molecular complexity index is 1240. The van der Waals surface area contributed by atoms with E-state index in [2.05, 4.69) is 40.2 Å². The number of nitrogens with one attached hydrogen (secondary N) is 1. The van der Waals surface area contributed by atoms with Crippen molar-refractivity contribution in [1.29, 1.82) is 0 Å². The maximum atomic E-state index is 13.2. The number of hydrogen-bond acceptors (Lipinski definition) is 8. The zero-order valence-corrected chi connectivity index (χ0v) is 22.0. The molecule has 4 rings (SSSR count). The summed E-state index contributed by atoms with van der Waals surface area (Å²) >= 11 is 0. The summed E-state index contributed by atoms with van der Waals surface area (Å²) in [5.41, 5.74) is 9.63. The standard InChI is InChI=1S/C27H36N6O3/c1-16-10-20(12-21(28)11-16)18(3)29-26-22-13-25(24(35-6)14-23(22)30-19(4)31-26)36-27(34)33-9-7-8-32(5)15-17(33)2/h10-14,17-18H,7-9,15,28H2,1-6H3,(H,29,30,31)/t17-,18-/m1/s1. The number of methoxy groups -OCH3 is 1. The van der Waals surface area contributed by atoms with Gasteiger partial charge in [0.25, 0.3) is 0 Å². The molecule has 0 saturated carbocycles. The topological polar surface area (TPSA) is 106 Å². The molecule has 2 atom stereocenters. The SMILES string of the molecule is COc1cc2nc(C)nc(N[C@H](C)c3cc(C)cc(N)c3)c2cc1OC(=O)N1CCCN(C)C[C@H]1C. The van der Waals surface area contributed by atoms with Crippen LogP contribution < -0.4 is 20.5 Å². The van der Waals surface area contributed by atoms with Crippen molar-refractivity contribution < 1.29 is 14.3 Å². The number of amides is 1. The van der Waals surface area contributed by atoms with E-state index in [1.807, 2.05) is 32.9 Å². The largest absolute Gasteiger partial charge is 0.493 e. The summed E-state index contributed by atoms with van der Waals surface area (Å²) in [6, 6.07) is 9.54. The Morgan fingerprint density at radius 2 is 1.92 bits per heavy atom. The average Bonchev–Trinajstić information content (AvgIpc) is 2.97. The van der Waals surface area contributed by atoms with Gasteiger partial charge in [-0.3, -0.25) is 0 Å². The van der Waals surface area contributed by atoms with E-state index >= 15 is 0 Å². The first-order chi connectivity index (χ1) is 17.1. The summed E-state index contributed by atoms with van der Waals surface area (Å²) in [5.74, 6) is 2.05. The maximum Gasteiger partial charge on any atom is 0.415 e. The number of ether oxygens (including phenoxy) is 2. The summed E-state index contributed by atoms with van der Waals surface area (Å²) in [7, 11) is 3.62. The van der Waals surface area contributed by atoms with Gasteiger partial charge in [-0.15, -0.1) is 0 Å². The van der Waals surface area contributed by atoms with Gasteiger partial charge in [-0.2, -0.15) is 0 Å². The van der Waals surface area contributed by atoms with Gasteiger partial charge in [0.1, 0.15) is 11.6 Å². The van der Waals surface area contributed by atoms with E-state index in [4.69, 9.17) is 15.2 Å². The van der Waals surface area contributed by atoms with Crippen molar-refractivity contribution >= 4 is 28.5 Å². The lowest BCUT2D eigenvalue weighted by Gasteiger charge is -2.27. The highest BCUT2D eigenvalue weighted by atomic mass is 16.6. The van der Waals surface area contributed by atoms with Crippen molar-refractivity contribution in [2.75, 3.05) is 44.8 Å². The Labute approximate surface area is 212 Å². The van der Waals surface area contributed by atoms with Crippen LogP contribution in [0, 0.1) is 13.8 Å². The molecule has 192 valence electrons. The lowest BCUT2D eigenvalue weighted by Crippen LogP contribution is -2.43. The first-order valence-corrected chi connectivity index (χ1v) is 12.3. The van der Waals surface area contributed by atoms with Crippen LogP contribution in [0.15, 0.2) is 30.3 Å². The number of carbonyl (C=O) groups excluding carboxylic acids is 1. The van der Waals surface area contributed by atoms with E-state index in [9.17, 15) is 4.79 Å². The summed E-state index contributed by atoms with van der Waals surface area (Å²) in [6.45, 7) is 10.4. The third-order valence-electron chi connectivity index (χ3n) is 6.55. The summed E-state index contributed by atoms with van der Waals surface area (Å²) < 4.78 is 11.5. The minimum atomic E-state index is -0.387. The molecular formula is C27H36N6O3. The Morgan fingerprint density at radius 3 is 2.64 bits per heavy atom. The van der Waals surface area contributed by atoms with E-state index in [0.717, 1.165) is 41.7 Å². The number of nitrogen functional groups attached to an aromatic ring is 1. The molecule has 1 fully saturated rings. The van der Waals surface area contributed by atoms with Crippen molar-refractivity contribution in [2.45, 2.75) is 46.2 Å². The van der Waals surface area contributed by atoms with Gasteiger partial charge in [-0.1, -0.05) is 6.07 Å². The van der Waals surface area contributed by atoms with Crippen molar-refractivity contribution in [2.24, 2.45) is 0 Å². The molecule has 2 heterocycles. The Kier molecular flexibility index (Phi) is 7.49. The van der Waals surface area contributed by atoms with Crippen LogP contribution in [-0.4, -0.2) is 65.7 Å². The molecule has 9 nitrogen and oxygen atoms in total. The Balaban J connectivity index is 1.67. The number of aromatic nitrogens is 2. The highest BCUT2D eigenvalue weighted by molar-refractivity contribution is 5.92. The van der Waals surface area contributed by atoms with Crippen LogP contribution >= 0.6 is 0 Å². The van der Waals surface area contributed by atoms with Crippen LogP contribution in [0.5, 0.6) is 11.5 Å². The van der Waals surface area contributed by atoms with Crippen LogP contribution in [-0.2, 0) is 0 Å². The van der Waals surface area contributed by atoms with E-state index in [1.165, 1.54) is 0 Å². The van der Waals surface area contributed by atoms with Crippen LogP contribution in [0.4, 0.5) is 16.3 Å². The van der Waals surface area contributed by atoms with E-state index in [1.54, 1.807) is 24.1 Å². The summed E-state index contributed by atoms with van der Waals surface area (Å²) in [4.78, 5) is 26.4. The van der Waals surface area contributed by atoms with Gasteiger partial charge >= 0.3 is 6.09 Å². The number of nitrogens with two attached hydrogens (primary N) is 1. The Hall–Kier alpha value is -3.59. The predicted molar refractivity (Wildman–Crippen MR) is 143 cm³/mol. The highest BCUT2D eigenvalue weighted by Gasteiger charge is 2.27. The molecule has 1 amide bonds. The number of anilines is 2. The summed E-state index contributed by atoms with van der Waals surface area (Å²) in [6.07, 6.45) is 0.509. The number of carbonyl (C=O) groups is 1. The Morgan fingerprint density at radius 1 is 1.14 bits per heavy atom.